The van der Waals surface area contributed by atoms with Gasteiger partial charge in [0.2, 0.25) is 11.8 Å². The Kier molecular flexibility index (Phi) is 4.73. The van der Waals surface area contributed by atoms with Crippen molar-refractivity contribution in [2.75, 3.05) is 6.54 Å². The molecule has 26 heavy (non-hydrogen) atoms. The van der Waals surface area contributed by atoms with Gasteiger partial charge in [0.1, 0.15) is 6.04 Å². The molecule has 1 atom stereocenters. The molecule has 0 radical (unpaired) electrons. The monoisotopic (exact) mass is 352 g/mol. The second-order valence-corrected chi connectivity index (χ2v) is 6.86. The predicted octanol–water partition coefficient (Wildman–Crippen LogP) is 3.80. The van der Waals surface area contributed by atoms with Crippen molar-refractivity contribution in [2.45, 2.75) is 51.5 Å². The number of nitrogens with one attached hydrogen (secondary N) is 1. The van der Waals surface area contributed by atoms with Crippen molar-refractivity contribution < 1.29 is 9.32 Å². The van der Waals surface area contributed by atoms with Gasteiger partial charge < -0.3 is 14.4 Å². The molecule has 6 nitrogen and oxygen atoms in total. The molecule has 0 aliphatic carbocycles. The third-order valence-electron chi connectivity index (χ3n) is 5.19. The number of para-hydroxylation sites is 1. The smallest absolute Gasteiger partial charge is 0.249 e. The number of H-pyrrole nitrogens is 1. The molecule has 2 aromatic heterocycles. The van der Waals surface area contributed by atoms with Gasteiger partial charge in [0.25, 0.3) is 0 Å². The van der Waals surface area contributed by atoms with E-state index in [4.69, 9.17) is 4.52 Å². The summed E-state index contributed by atoms with van der Waals surface area (Å²) in [5, 5.41) is 5.19. The fourth-order valence-electron chi connectivity index (χ4n) is 3.76. The first kappa shape index (κ1) is 16.8. The standard InChI is InChI=1S/C20H24N4O2/c1-2-18-22-20(26-23-18)17-9-5-6-12-24(17)19(25)11-10-14-13-21-16-8-4-3-7-15(14)16/h3-4,7-8,13,17,21H,2,5-6,9-12H2,1H3. The van der Waals surface area contributed by atoms with Crippen molar-refractivity contribution in [3.8, 4) is 0 Å². The summed E-state index contributed by atoms with van der Waals surface area (Å²) in [6.45, 7) is 2.76. The summed E-state index contributed by atoms with van der Waals surface area (Å²) in [7, 11) is 0. The Balaban J connectivity index is 1.46. The van der Waals surface area contributed by atoms with E-state index in [1.54, 1.807) is 0 Å². The number of hydrogen-bond acceptors (Lipinski definition) is 4. The van der Waals surface area contributed by atoms with Crippen LogP contribution < -0.4 is 0 Å². The molecule has 1 fully saturated rings. The number of benzene rings is 1. The first-order valence-corrected chi connectivity index (χ1v) is 9.43. The topological polar surface area (TPSA) is 75.0 Å². The molecule has 0 saturated carbocycles. The molecule has 1 unspecified atom stereocenters. The summed E-state index contributed by atoms with van der Waals surface area (Å²) in [4.78, 5) is 22.6. The maximum Gasteiger partial charge on any atom is 0.249 e. The Morgan fingerprint density at radius 2 is 2.23 bits per heavy atom. The van der Waals surface area contributed by atoms with E-state index in [-0.39, 0.29) is 11.9 Å². The lowest BCUT2D eigenvalue weighted by atomic mass is 10.0. The number of hydrogen-bond donors (Lipinski definition) is 1. The Morgan fingerprint density at radius 1 is 1.35 bits per heavy atom. The van der Waals surface area contributed by atoms with Gasteiger partial charge >= 0.3 is 0 Å². The molecule has 0 bridgehead atoms. The number of carbonyl (C=O) groups excluding carboxylic acids is 1. The Hall–Kier alpha value is -2.63. The Labute approximate surface area is 152 Å². The fourth-order valence-corrected chi connectivity index (χ4v) is 3.76. The van der Waals surface area contributed by atoms with E-state index in [9.17, 15) is 4.79 Å². The van der Waals surface area contributed by atoms with Crippen LogP contribution in [-0.4, -0.2) is 32.5 Å². The maximum absolute atomic E-state index is 12.9. The summed E-state index contributed by atoms with van der Waals surface area (Å²) >= 11 is 0. The molecule has 3 heterocycles. The van der Waals surface area contributed by atoms with Crippen LogP contribution in [0.15, 0.2) is 35.0 Å². The highest BCUT2D eigenvalue weighted by Crippen LogP contribution is 2.31. The molecule has 6 heteroatoms. The number of rotatable bonds is 5. The van der Waals surface area contributed by atoms with Crippen LogP contribution in [0.1, 0.15) is 55.9 Å². The minimum atomic E-state index is -0.0768. The SMILES string of the molecule is CCc1noc(C2CCCCN2C(=O)CCc2c[nH]c3ccccc23)n1. The zero-order valence-corrected chi connectivity index (χ0v) is 15.1. The molecule has 1 aliphatic rings. The molecule has 1 saturated heterocycles. The third kappa shape index (κ3) is 3.23. The number of aromatic nitrogens is 3. The molecule has 0 spiro atoms. The van der Waals surface area contributed by atoms with Gasteiger partial charge in [-0.3, -0.25) is 4.79 Å². The summed E-state index contributed by atoms with van der Waals surface area (Å²) < 4.78 is 5.42. The molecule has 4 rings (SSSR count). The summed E-state index contributed by atoms with van der Waals surface area (Å²) in [5.41, 5.74) is 2.30. The molecule has 136 valence electrons. The van der Waals surface area contributed by atoms with Gasteiger partial charge in [0.15, 0.2) is 5.82 Å². The predicted molar refractivity (Wildman–Crippen MR) is 98.6 cm³/mol. The van der Waals surface area contributed by atoms with Crippen LogP contribution in [0.25, 0.3) is 10.9 Å². The summed E-state index contributed by atoms with van der Waals surface area (Å²) in [6, 6.07) is 8.12. The van der Waals surface area contributed by atoms with E-state index >= 15 is 0 Å². The van der Waals surface area contributed by atoms with Crippen LogP contribution in [0.5, 0.6) is 0 Å². The minimum absolute atomic E-state index is 0.0768. The number of fused-ring (bicyclic) bond motifs is 1. The van der Waals surface area contributed by atoms with Gasteiger partial charge in [-0.05, 0) is 37.3 Å². The minimum Gasteiger partial charge on any atom is -0.361 e. The molecule has 1 aliphatic heterocycles. The van der Waals surface area contributed by atoms with Crippen molar-refractivity contribution in [1.29, 1.82) is 0 Å². The maximum atomic E-state index is 12.9. The van der Waals surface area contributed by atoms with E-state index in [0.717, 1.165) is 44.2 Å². The van der Waals surface area contributed by atoms with E-state index in [1.165, 1.54) is 10.9 Å². The van der Waals surface area contributed by atoms with E-state index in [0.29, 0.717) is 18.1 Å². The van der Waals surface area contributed by atoms with Crippen molar-refractivity contribution in [2.24, 2.45) is 0 Å². The lowest BCUT2D eigenvalue weighted by molar-refractivity contribution is -0.135. The van der Waals surface area contributed by atoms with Crippen LogP contribution in [0.3, 0.4) is 0 Å². The fraction of sp³-hybridized carbons (Fsp3) is 0.450. The van der Waals surface area contributed by atoms with Crippen LogP contribution in [-0.2, 0) is 17.6 Å². The largest absolute Gasteiger partial charge is 0.361 e. The zero-order chi connectivity index (χ0) is 17.9. The third-order valence-corrected chi connectivity index (χ3v) is 5.19. The van der Waals surface area contributed by atoms with Gasteiger partial charge in [-0.25, -0.2) is 0 Å². The quantitative estimate of drug-likeness (QED) is 0.758. The highest BCUT2D eigenvalue weighted by molar-refractivity contribution is 5.84. The number of amides is 1. The van der Waals surface area contributed by atoms with Crippen molar-refractivity contribution >= 4 is 16.8 Å². The Morgan fingerprint density at radius 3 is 3.08 bits per heavy atom. The lowest BCUT2D eigenvalue weighted by Crippen LogP contribution is -2.38. The van der Waals surface area contributed by atoms with E-state index in [2.05, 4.69) is 27.3 Å². The number of nitrogens with zero attached hydrogens (tertiary/aromatic N) is 3. The average molecular weight is 352 g/mol. The van der Waals surface area contributed by atoms with Crippen LogP contribution >= 0.6 is 0 Å². The van der Waals surface area contributed by atoms with Gasteiger partial charge in [-0.2, -0.15) is 4.98 Å². The van der Waals surface area contributed by atoms with Gasteiger partial charge in [-0.15, -0.1) is 0 Å². The Bertz CT molecular complexity index is 898. The lowest BCUT2D eigenvalue weighted by Gasteiger charge is -2.33. The zero-order valence-electron chi connectivity index (χ0n) is 15.1. The first-order valence-electron chi connectivity index (χ1n) is 9.43. The summed E-state index contributed by atoms with van der Waals surface area (Å²) in [5.74, 6) is 1.45. The number of likely N-dealkylation sites (tertiary alicyclic amines) is 1. The highest BCUT2D eigenvalue weighted by Gasteiger charge is 2.31. The number of carbonyl (C=O) groups is 1. The average Bonchev–Trinajstić information content (AvgIpc) is 3.33. The molecule has 3 aromatic rings. The van der Waals surface area contributed by atoms with Crippen molar-refractivity contribution in [3.63, 3.8) is 0 Å². The van der Waals surface area contributed by atoms with E-state index in [1.807, 2.05) is 30.2 Å². The van der Waals surface area contributed by atoms with Crippen molar-refractivity contribution in [1.82, 2.24) is 20.0 Å². The van der Waals surface area contributed by atoms with Gasteiger partial charge in [0.05, 0.1) is 0 Å². The van der Waals surface area contributed by atoms with E-state index < -0.39 is 0 Å². The molecule has 1 aromatic carbocycles. The number of aromatic amines is 1. The van der Waals surface area contributed by atoms with Crippen LogP contribution in [0.4, 0.5) is 0 Å². The molecular formula is C20H24N4O2. The number of aryl methyl sites for hydroxylation is 2. The summed E-state index contributed by atoms with van der Waals surface area (Å²) in [6.07, 6.45) is 6.99. The normalized spacial score (nSPS) is 17.7. The molecule has 1 N–H and O–H groups in total. The second kappa shape index (κ2) is 7.32. The highest BCUT2D eigenvalue weighted by atomic mass is 16.5. The molecule has 1 amide bonds. The van der Waals surface area contributed by atoms with Gasteiger partial charge in [0, 0.05) is 36.5 Å². The number of piperidine rings is 1. The van der Waals surface area contributed by atoms with Crippen LogP contribution in [0, 0.1) is 0 Å². The first-order chi connectivity index (χ1) is 12.8. The second-order valence-electron chi connectivity index (χ2n) is 6.86. The van der Waals surface area contributed by atoms with Crippen molar-refractivity contribution in [3.05, 3.63) is 47.7 Å². The van der Waals surface area contributed by atoms with Gasteiger partial charge in [-0.1, -0.05) is 30.3 Å². The van der Waals surface area contributed by atoms with Crippen LogP contribution in [0.2, 0.25) is 0 Å². The molecular weight excluding hydrogens is 328 g/mol.